The molecule has 0 saturated carbocycles. The second kappa shape index (κ2) is 5.54. The molecule has 2 aromatic rings. The van der Waals surface area contributed by atoms with Crippen molar-refractivity contribution in [1.29, 1.82) is 0 Å². The molecule has 6 nitrogen and oxygen atoms in total. The molecule has 1 saturated heterocycles. The number of carbonyl (C=O) groups is 1. The van der Waals surface area contributed by atoms with Crippen molar-refractivity contribution in [3.63, 3.8) is 0 Å². The molecule has 2 aliphatic rings. The fourth-order valence-corrected chi connectivity index (χ4v) is 4.13. The number of nitrogens with one attached hydrogen (secondary N) is 2. The van der Waals surface area contributed by atoms with Gasteiger partial charge in [0.1, 0.15) is 0 Å². The fraction of sp³-hybridized carbons (Fsp3) is 0.471. The van der Waals surface area contributed by atoms with Crippen LogP contribution in [-0.2, 0) is 23.4 Å². The Morgan fingerprint density at radius 3 is 2.73 bits per heavy atom. The standard InChI is InChI=1S/C17H18F3N5O/c1-9-6-16(7-13(21-9)14-8-25(2)24-23-14)11-5-10(17(18,19)20)3-4-12(11)22-15(16)26/h3-5,8-9,13,21H,6-7H2,1-2H3,(H,22,26). The lowest BCUT2D eigenvalue weighted by atomic mass is 9.69. The maximum absolute atomic E-state index is 13.2. The number of hydrogen-bond acceptors (Lipinski definition) is 4. The summed E-state index contributed by atoms with van der Waals surface area (Å²) in [6.45, 7) is 1.92. The first kappa shape index (κ1) is 17.0. The van der Waals surface area contributed by atoms with Gasteiger partial charge in [0.15, 0.2) is 0 Å². The zero-order chi connectivity index (χ0) is 18.7. The number of aromatic nitrogens is 3. The molecule has 1 aromatic carbocycles. The minimum absolute atomic E-state index is 0.0676. The minimum Gasteiger partial charge on any atom is -0.325 e. The Hall–Kier alpha value is -2.42. The predicted molar refractivity (Wildman–Crippen MR) is 87.3 cm³/mol. The van der Waals surface area contributed by atoms with Gasteiger partial charge in [-0.2, -0.15) is 13.2 Å². The van der Waals surface area contributed by atoms with Crippen LogP contribution in [0.15, 0.2) is 24.4 Å². The number of nitrogens with zero attached hydrogens (tertiary/aromatic N) is 3. The molecule has 0 radical (unpaired) electrons. The number of anilines is 1. The third-order valence-corrected chi connectivity index (χ3v) is 5.22. The van der Waals surface area contributed by atoms with E-state index < -0.39 is 17.2 Å². The van der Waals surface area contributed by atoms with Crippen LogP contribution in [0.2, 0.25) is 0 Å². The summed E-state index contributed by atoms with van der Waals surface area (Å²) in [7, 11) is 1.74. The summed E-state index contributed by atoms with van der Waals surface area (Å²) in [5, 5.41) is 14.2. The molecule has 1 aromatic heterocycles. The molecular formula is C17H18F3N5O. The Kier molecular flexibility index (Phi) is 3.62. The Balaban J connectivity index is 1.79. The minimum atomic E-state index is -4.45. The first-order valence-corrected chi connectivity index (χ1v) is 8.34. The molecule has 3 atom stereocenters. The van der Waals surface area contributed by atoms with Crippen molar-refractivity contribution < 1.29 is 18.0 Å². The Labute approximate surface area is 147 Å². The van der Waals surface area contributed by atoms with Gasteiger partial charge < -0.3 is 10.6 Å². The number of carbonyl (C=O) groups excluding carboxylic acids is 1. The third-order valence-electron chi connectivity index (χ3n) is 5.22. The number of piperidine rings is 1. The SMILES string of the molecule is CC1CC2(CC(c3cn(C)nn3)N1)C(=O)Nc1ccc(C(F)(F)F)cc12. The highest BCUT2D eigenvalue weighted by Gasteiger charge is 2.52. The van der Waals surface area contributed by atoms with Crippen LogP contribution in [0.3, 0.4) is 0 Å². The first-order chi connectivity index (χ1) is 12.2. The van der Waals surface area contributed by atoms with Crippen molar-refractivity contribution in [3.05, 3.63) is 41.2 Å². The van der Waals surface area contributed by atoms with Crippen molar-refractivity contribution in [1.82, 2.24) is 20.3 Å². The summed E-state index contributed by atoms with van der Waals surface area (Å²) in [6.07, 6.45) is -1.95. The van der Waals surface area contributed by atoms with Crippen molar-refractivity contribution in [2.24, 2.45) is 7.05 Å². The molecule has 1 fully saturated rings. The van der Waals surface area contributed by atoms with Gasteiger partial charge in [0.05, 0.1) is 22.7 Å². The maximum Gasteiger partial charge on any atom is 0.416 e. The molecule has 0 aliphatic carbocycles. The number of alkyl halides is 3. The van der Waals surface area contributed by atoms with E-state index in [9.17, 15) is 18.0 Å². The van der Waals surface area contributed by atoms with Crippen LogP contribution in [0, 0.1) is 0 Å². The summed E-state index contributed by atoms with van der Waals surface area (Å²) in [5.41, 5.74) is -0.209. The molecule has 1 amide bonds. The van der Waals surface area contributed by atoms with Gasteiger partial charge in [-0.05, 0) is 43.5 Å². The van der Waals surface area contributed by atoms with E-state index >= 15 is 0 Å². The average Bonchev–Trinajstić information content (AvgIpc) is 3.09. The molecule has 1 spiro atoms. The molecule has 3 unspecified atom stereocenters. The smallest absolute Gasteiger partial charge is 0.325 e. The topological polar surface area (TPSA) is 71.8 Å². The van der Waals surface area contributed by atoms with Crippen LogP contribution in [0.4, 0.5) is 18.9 Å². The van der Waals surface area contributed by atoms with Gasteiger partial charge in [0.25, 0.3) is 0 Å². The van der Waals surface area contributed by atoms with Crippen molar-refractivity contribution in [3.8, 4) is 0 Å². The fourth-order valence-electron chi connectivity index (χ4n) is 4.13. The molecule has 0 bridgehead atoms. The van der Waals surface area contributed by atoms with Crippen LogP contribution in [-0.4, -0.2) is 26.9 Å². The number of amides is 1. The van der Waals surface area contributed by atoms with E-state index in [0.717, 1.165) is 12.1 Å². The quantitative estimate of drug-likeness (QED) is 0.815. The molecule has 26 heavy (non-hydrogen) atoms. The predicted octanol–water partition coefficient (Wildman–Crippen LogP) is 2.54. The number of rotatable bonds is 1. The highest BCUT2D eigenvalue weighted by Crippen LogP contribution is 2.50. The van der Waals surface area contributed by atoms with E-state index in [0.29, 0.717) is 29.8 Å². The zero-order valence-corrected chi connectivity index (χ0v) is 14.3. The summed E-state index contributed by atoms with van der Waals surface area (Å²) < 4.78 is 41.1. The van der Waals surface area contributed by atoms with E-state index in [-0.39, 0.29) is 18.0 Å². The van der Waals surface area contributed by atoms with Gasteiger partial charge in [-0.1, -0.05) is 5.21 Å². The monoisotopic (exact) mass is 365 g/mol. The highest BCUT2D eigenvalue weighted by molar-refractivity contribution is 6.06. The Morgan fingerprint density at radius 2 is 2.08 bits per heavy atom. The molecule has 3 heterocycles. The number of fused-ring (bicyclic) bond motifs is 2. The molecular weight excluding hydrogens is 347 g/mol. The van der Waals surface area contributed by atoms with E-state index in [1.165, 1.54) is 6.07 Å². The normalized spacial score (nSPS) is 28.3. The average molecular weight is 365 g/mol. The van der Waals surface area contributed by atoms with Crippen molar-refractivity contribution in [2.75, 3.05) is 5.32 Å². The van der Waals surface area contributed by atoms with Gasteiger partial charge in [-0.3, -0.25) is 9.48 Å². The maximum atomic E-state index is 13.2. The number of halogens is 3. The van der Waals surface area contributed by atoms with Gasteiger partial charge in [0, 0.05) is 25.0 Å². The zero-order valence-electron chi connectivity index (χ0n) is 14.3. The molecule has 4 rings (SSSR count). The first-order valence-electron chi connectivity index (χ1n) is 8.34. The third kappa shape index (κ3) is 2.57. The molecule has 2 N–H and O–H groups in total. The molecule has 138 valence electrons. The van der Waals surface area contributed by atoms with Crippen LogP contribution in [0.5, 0.6) is 0 Å². The van der Waals surface area contributed by atoms with Crippen LogP contribution >= 0.6 is 0 Å². The molecule has 9 heteroatoms. The van der Waals surface area contributed by atoms with E-state index in [1.54, 1.807) is 17.9 Å². The summed E-state index contributed by atoms with van der Waals surface area (Å²) in [4.78, 5) is 12.8. The van der Waals surface area contributed by atoms with Gasteiger partial charge in [-0.25, -0.2) is 0 Å². The highest BCUT2D eigenvalue weighted by atomic mass is 19.4. The lowest BCUT2D eigenvalue weighted by molar-refractivity contribution is -0.137. The summed E-state index contributed by atoms with van der Waals surface area (Å²) in [5.74, 6) is -0.255. The Bertz CT molecular complexity index is 878. The summed E-state index contributed by atoms with van der Waals surface area (Å²) >= 11 is 0. The van der Waals surface area contributed by atoms with Crippen LogP contribution < -0.4 is 10.6 Å². The molecule has 2 aliphatic heterocycles. The number of aryl methyl sites for hydroxylation is 1. The lowest BCUT2D eigenvalue weighted by Crippen LogP contribution is -2.50. The van der Waals surface area contributed by atoms with Gasteiger partial charge in [-0.15, -0.1) is 5.10 Å². The van der Waals surface area contributed by atoms with Crippen molar-refractivity contribution in [2.45, 2.75) is 43.4 Å². The van der Waals surface area contributed by atoms with Crippen LogP contribution in [0.1, 0.15) is 42.6 Å². The van der Waals surface area contributed by atoms with E-state index in [1.807, 2.05) is 6.92 Å². The number of benzene rings is 1. The Morgan fingerprint density at radius 1 is 1.31 bits per heavy atom. The largest absolute Gasteiger partial charge is 0.416 e. The van der Waals surface area contributed by atoms with Crippen molar-refractivity contribution >= 4 is 11.6 Å². The summed E-state index contributed by atoms with van der Waals surface area (Å²) in [6, 6.07) is 3.12. The second-order valence-corrected chi connectivity index (χ2v) is 7.14. The van der Waals surface area contributed by atoms with Crippen LogP contribution in [0.25, 0.3) is 0 Å². The number of hydrogen-bond donors (Lipinski definition) is 2. The lowest BCUT2D eigenvalue weighted by Gasteiger charge is -2.40. The van der Waals surface area contributed by atoms with E-state index in [4.69, 9.17) is 0 Å². The van der Waals surface area contributed by atoms with Gasteiger partial charge >= 0.3 is 6.18 Å². The van der Waals surface area contributed by atoms with E-state index in [2.05, 4.69) is 20.9 Å². The van der Waals surface area contributed by atoms with Gasteiger partial charge in [0.2, 0.25) is 5.91 Å². The second-order valence-electron chi connectivity index (χ2n) is 7.14.